The van der Waals surface area contributed by atoms with E-state index in [1.807, 2.05) is 11.8 Å². The van der Waals surface area contributed by atoms with Crippen molar-refractivity contribution in [2.24, 2.45) is 5.73 Å². The van der Waals surface area contributed by atoms with Gasteiger partial charge in [-0.3, -0.25) is 0 Å². The molecule has 0 saturated heterocycles. The van der Waals surface area contributed by atoms with Crippen molar-refractivity contribution in [3.05, 3.63) is 29.3 Å². The maximum atomic E-state index is 6.24. The molecule has 2 N–H and O–H groups in total. The Morgan fingerprint density at radius 1 is 1.47 bits per heavy atom. The molecule has 0 aliphatic carbocycles. The summed E-state index contributed by atoms with van der Waals surface area (Å²) in [7, 11) is 0. The molecule has 3 heteroatoms. The molecular weight excluding hydrogens is 222 g/mol. The van der Waals surface area contributed by atoms with Crippen LogP contribution in [0.1, 0.15) is 30.5 Å². The van der Waals surface area contributed by atoms with Crippen LogP contribution in [0.4, 0.5) is 0 Å². The Labute approximate surface area is 100 Å². The molecule has 1 aliphatic rings. The van der Waals surface area contributed by atoms with Crippen LogP contribution in [0.15, 0.2) is 23.1 Å². The molecule has 2 unspecified atom stereocenters. The highest BCUT2D eigenvalue weighted by Crippen LogP contribution is 2.35. The van der Waals surface area contributed by atoms with Crippen LogP contribution in [0.5, 0.6) is 0 Å². The minimum atomic E-state index is 0.220. The van der Waals surface area contributed by atoms with Gasteiger partial charge < -0.3 is 5.73 Å². The predicted molar refractivity (Wildman–Crippen MR) is 70.5 cm³/mol. The first kappa shape index (κ1) is 11.4. The molecule has 1 heterocycles. The highest BCUT2D eigenvalue weighted by molar-refractivity contribution is 7.99. The molecule has 0 radical (unpaired) electrons. The Kier molecular flexibility index (Phi) is 3.65. The smallest absolute Gasteiger partial charge is 0.0308 e. The van der Waals surface area contributed by atoms with Gasteiger partial charge in [0.15, 0.2) is 0 Å². The van der Waals surface area contributed by atoms with E-state index in [-0.39, 0.29) is 6.04 Å². The maximum absolute atomic E-state index is 6.24. The highest BCUT2D eigenvalue weighted by Gasteiger charge is 2.19. The van der Waals surface area contributed by atoms with Crippen LogP contribution < -0.4 is 5.73 Å². The third-order valence-corrected chi connectivity index (χ3v) is 4.83. The molecule has 15 heavy (non-hydrogen) atoms. The van der Waals surface area contributed by atoms with Gasteiger partial charge in [-0.2, -0.15) is 11.8 Å². The molecule has 1 aromatic carbocycles. The van der Waals surface area contributed by atoms with Crippen molar-refractivity contribution in [2.45, 2.75) is 35.3 Å². The van der Waals surface area contributed by atoms with Gasteiger partial charge in [0.1, 0.15) is 0 Å². The lowest BCUT2D eigenvalue weighted by Crippen LogP contribution is -2.14. The van der Waals surface area contributed by atoms with E-state index in [0.717, 1.165) is 12.2 Å². The summed E-state index contributed by atoms with van der Waals surface area (Å²) in [5, 5.41) is 0.671. The first-order chi connectivity index (χ1) is 7.20. The Morgan fingerprint density at radius 3 is 3.00 bits per heavy atom. The minimum absolute atomic E-state index is 0.220. The summed E-state index contributed by atoms with van der Waals surface area (Å²) < 4.78 is 0. The standard InChI is InChI=1S/C12H17NS2/c1-8-5-12(13)11-6-10(14-2)4-3-9(11)7-15-8/h3-4,6,8,12H,5,7,13H2,1-2H3. The third kappa shape index (κ3) is 2.52. The third-order valence-electron chi connectivity index (χ3n) is 2.86. The Balaban J connectivity index is 2.36. The molecule has 1 aliphatic heterocycles. The van der Waals surface area contributed by atoms with Crippen LogP contribution in [-0.2, 0) is 5.75 Å². The van der Waals surface area contributed by atoms with Gasteiger partial charge in [0.25, 0.3) is 0 Å². The average molecular weight is 239 g/mol. The van der Waals surface area contributed by atoms with Crippen molar-refractivity contribution in [2.75, 3.05) is 6.26 Å². The van der Waals surface area contributed by atoms with Crippen LogP contribution in [0.25, 0.3) is 0 Å². The van der Waals surface area contributed by atoms with Gasteiger partial charge in [-0.05, 0) is 35.9 Å². The van der Waals surface area contributed by atoms with Crippen LogP contribution in [0, 0.1) is 0 Å². The van der Waals surface area contributed by atoms with E-state index < -0.39 is 0 Å². The molecule has 1 aromatic rings. The zero-order chi connectivity index (χ0) is 10.8. The molecule has 2 atom stereocenters. The minimum Gasteiger partial charge on any atom is -0.324 e. The lowest BCUT2D eigenvalue weighted by Gasteiger charge is -2.14. The molecule has 0 amide bonds. The summed E-state index contributed by atoms with van der Waals surface area (Å²) in [4.78, 5) is 1.32. The first-order valence-corrected chi connectivity index (χ1v) is 7.52. The first-order valence-electron chi connectivity index (χ1n) is 5.24. The Bertz CT molecular complexity index is 351. The number of hydrogen-bond donors (Lipinski definition) is 1. The van der Waals surface area contributed by atoms with Crippen molar-refractivity contribution in [1.29, 1.82) is 0 Å². The topological polar surface area (TPSA) is 26.0 Å². The summed E-state index contributed by atoms with van der Waals surface area (Å²) in [6, 6.07) is 6.93. The van der Waals surface area contributed by atoms with Gasteiger partial charge in [0.2, 0.25) is 0 Å². The summed E-state index contributed by atoms with van der Waals surface area (Å²) in [5.74, 6) is 1.11. The van der Waals surface area contributed by atoms with Crippen LogP contribution in [-0.4, -0.2) is 11.5 Å². The van der Waals surface area contributed by atoms with Gasteiger partial charge in [-0.15, -0.1) is 11.8 Å². The summed E-state index contributed by atoms with van der Waals surface area (Å²) >= 11 is 3.80. The van der Waals surface area contributed by atoms with Gasteiger partial charge in [-0.1, -0.05) is 13.0 Å². The molecule has 2 rings (SSSR count). The second-order valence-corrected chi connectivity index (χ2v) is 6.33. The zero-order valence-electron chi connectivity index (χ0n) is 9.19. The monoisotopic (exact) mass is 239 g/mol. The fraction of sp³-hybridized carbons (Fsp3) is 0.500. The van der Waals surface area contributed by atoms with E-state index in [4.69, 9.17) is 5.73 Å². The summed E-state index contributed by atoms with van der Waals surface area (Å²) in [6.45, 7) is 2.27. The maximum Gasteiger partial charge on any atom is 0.0308 e. The second-order valence-electron chi connectivity index (χ2n) is 4.03. The largest absolute Gasteiger partial charge is 0.324 e. The van der Waals surface area contributed by atoms with Crippen LogP contribution in [0.3, 0.4) is 0 Å². The molecule has 0 spiro atoms. The van der Waals surface area contributed by atoms with Gasteiger partial charge in [0.05, 0.1) is 0 Å². The lowest BCUT2D eigenvalue weighted by atomic mass is 9.99. The fourth-order valence-electron chi connectivity index (χ4n) is 1.96. The molecular formula is C12H17NS2. The second kappa shape index (κ2) is 4.81. The van der Waals surface area contributed by atoms with E-state index in [0.29, 0.717) is 5.25 Å². The number of rotatable bonds is 1. The molecule has 82 valence electrons. The van der Waals surface area contributed by atoms with Crippen molar-refractivity contribution in [3.63, 3.8) is 0 Å². The van der Waals surface area contributed by atoms with Gasteiger partial charge in [-0.25, -0.2) is 0 Å². The quantitative estimate of drug-likeness (QED) is 0.760. The molecule has 1 nitrogen and oxygen atoms in total. The van der Waals surface area contributed by atoms with Gasteiger partial charge >= 0.3 is 0 Å². The van der Waals surface area contributed by atoms with E-state index in [2.05, 4.69) is 31.4 Å². The Hall–Kier alpha value is -0.120. The lowest BCUT2D eigenvalue weighted by molar-refractivity contribution is 0.650. The van der Waals surface area contributed by atoms with Crippen molar-refractivity contribution in [1.82, 2.24) is 0 Å². The van der Waals surface area contributed by atoms with Crippen LogP contribution in [0.2, 0.25) is 0 Å². The highest BCUT2D eigenvalue weighted by atomic mass is 32.2. The van der Waals surface area contributed by atoms with Crippen molar-refractivity contribution >= 4 is 23.5 Å². The van der Waals surface area contributed by atoms with E-state index in [9.17, 15) is 0 Å². The molecule has 0 bridgehead atoms. The number of benzene rings is 1. The van der Waals surface area contributed by atoms with Gasteiger partial charge in [0, 0.05) is 21.9 Å². The fourth-order valence-corrected chi connectivity index (χ4v) is 3.48. The van der Waals surface area contributed by atoms with E-state index >= 15 is 0 Å². The van der Waals surface area contributed by atoms with E-state index in [1.54, 1.807) is 11.8 Å². The number of hydrogen-bond acceptors (Lipinski definition) is 3. The summed E-state index contributed by atoms with van der Waals surface area (Å²) in [5.41, 5.74) is 9.02. The van der Waals surface area contributed by atoms with E-state index in [1.165, 1.54) is 16.0 Å². The van der Waals surface area contributed by atoms with Crippen LogP contribution >= 0.6 is 23.5 Å². The predicted octanol–water partition coefficient (Wildman–Crippen LogP) is 3.43. The number of thioether (sulfide) groups is 2. The normalized spacial score (nSPS) is 25.8. The van der Waals surface area contributed by atoms with Crippen molar-refractivity contribution in [3.8, 4) is 0 Å². The SMILES string of the molecule is CSc1ccc2c(c1)C(N)CC(C)SC2. The average Bonchev–Trinajstić information content (AvgIpc) is 2.38. The molecule has 0 saturated carbocycles. The Morgan fingerprint density at radius 2 is 2.27 bits per heavy atom. The molecule has 0 fully saturated rings. The number of fused-ring (bicyclic) bond motifs is 1. The van der Waals surface area contributed by atoms with Crippen molar-refractivity contribution < 1.29 is 0 Å². The number of nitrogens with two attached hydrogens (primary N) is 1. The molecule has 0 aromatic heterocycles. The summed E-state index contributed by atoms with van der Waals surface area (Å²) in [6.07, 6.45) is 3.21. The zero-order valence-corrected chi connectivity index (χ0v) is 10.8.